The summed E-state index contributed by atoms with van der Waals surface area (Å²) >= 11 is 0. The van der Waals surface area contributed by atoms with Crippen LogP contribution in [0, 0.1) is 5.39 Å². The zero-order valence-corrected chi connectivity index (χ0v) is 5.78. The van der Waals surface area contributed by atoms with Crippen LogP contribution in [0.2, 0.25) is 0 Å². The van der Waals surface area contributed by atoms with E-state index in [4.69, 9.17) is 5.39 Å². The molecular formula is C6H7N2S+. The molecule has 0 aliphatic heterocycles. The Morgan fingerprint density at radius 1 is 1.11 bits per heavy atom. The monoisotopic (exact) mass is 139 g/mol. The molecule has 0 heterocycles. The summed E-state index contributed by atoms with van der Waals surface area (Å²) in [5.74, 6) is 0. The average molecular weight is 139 g/mol. The molecule has 0 unspecified atom stereocenters. The van der Waals surface area contributed by atoms with Crippen LogP contribution in [0.5, 0.6) is 0 Å². The summed E-state index contributed by atoms with van der Waals surface area (Å²) in [6.07, 6.45) is 0. The molecule has 2 nitrogen and oxygen atoms in total. The molecule has 46 valence electrons. The molecule has 0 amide bonds. The van der Waals surface area contributed by atoms with E-state index in [-0.39, 0.29) is 13.5 Å². The molecule has 0 aliphatic rings. The Balaban J connectivity index is 0.000000640. The molecule has 0 aromatic heterocycles. The van der Waals surface area contributed by atoms with Crippen molar-refractivity contribution in [3.05, 3.63) is 35.3 Å². The minimum Gasteiger partial charge on any atom is -0.197 e. The fourth-order valence-electron chi connectivity index (χ4n) is 0.495. The van der Waals surface area contributed by atoms with Crippen molar-refractivity contribution >= 4 is 19.2 Å². The first-order chi connectivity index (χ1) is 3.93. The Morgan fingerprint density at radius 3 is 2.00 bits per heavy atom. The molecule has 1 aromatic carbocycles. The quantitative estimate of drug-likeness (QED) is 0.507. The highest BCUT2D eigenvalue weighted by Crippen LogP contribution is 2.07. The Labute approximate surface area is 60.6 Å². The van der Waals surface area contributed by atoms with Crippen LogP contribution >= 0.6 is 13.5 Å². The van der Waals surface area contributed by atoms with Crippen LogP contribution in [0.4, 0.5) is 5.69 Å². The highest BCUT2D eigenvalue weighted by atomic mass is 32.1. The summed E-state index contributed by atoms with van der Waals surface area (Å²) in [4.78, 5) is 2.97. The first-order valence-corrected chi connectivity index (χ1v) is 2.33. The van der Waals surface area contributed by atoms with Crippen LogP contribution < -0.4 is 0 Å². The molecule has 0 saturated carbocycles. The van der Waals surface area contributed by atoms with Crippen LogP contribution in [0.15, 0.2) is 30.3 Å². The van der Waals surface area contributed by atoms with Gasteiger partial charge in [-0.05, 0) is 0 Å². The number of benzene rings is 1. The van der Waals surface area contributed by atoms with Crippen LogP contribution in [0.1, 0.15) is 0 Å². The summed E-state index contributed by atoms with van der Waals surface area (Å²) in [7, 11) is 0. The molecule has 0 fully saturated rings. The number of rotatable bonds is 0. The predicted octanol–water partition coefficient (Wildman–Crippen LogP) is 2.28. The Bertz CT molecular complexity index is 202. The van der Waals surface area contributed by atoms with Gasteiger partial charge in [-0.3, -0.25) is 0 Å². The zero-order valence-electron chi connectivity index (χ0n) is 4.78. The SMILES string of the molecule is N#[N+]c1ccccc1.S. The maximum atomic E-state index is 8.16. The lowest BCUT2D eigenvalue weighted by molar-refractivity contribution is 1.46. The Hall–Kier alpha value is -1.01. The van der Waals surface area contributed by atoms with Gasteiger partial charge in [-0.2, -0.15) is 13.5 Å². The van der Waals surface area contributed by atoms with Gasteiger partial charge in [0.2, 0.25) is 5.39 Å². The second-order valence-electron chi connectivity index (χ2n) is 1.44. The van der Waals surface area contributed by atoms with Gasteiger partial charge in [0.05, 0.1) is 0 Å². The smallest absolute Gasteiger partial charge is 0.197 e. The van der Waals surface area contributed by atoms with Crippen molar-refractivity contribution in [3.63, 3.8) is 0 Å². The number of hydrogen-bond acceptors (Lipinski definition) is 1. The molecule has 0 saturated heterocycles. The zero-order chi connectivity index (χ0) is 5.82. The molecule has 0 radical (unpaired) electrons. The van der Waals surface area contributed by atoms with Gasteiger partial charge in [0.1, 0.15) is 0 Å². The number of nitrogens with zero attached hydrogens (tertiary/aromatic N) is 2. The van der Waals surface area contributed by atoms with Crippen molar-refractivity contribution < 1.29 is 0 Å². The topological polar surface area (TPSA) is 28.1 Å². The lowest BCUT2D eigenvalue weighted by atomic mass is 10.3. The maximum Gasteiger partial charge on any atom is 0.385 e. The van der Waals surface area contributed by atoms with Crippen molar-refractivity contribution in [1.29, 1.82) is 5.39 Å². The first-order valence-electron chi connectivity index (χ1n) is 2.33. The average Bonchev–Trinajstić information content (AvgIpc) is 1.90. The maximum absolute atomic E-state index is 8.16. The first kappa shape index (κ1) is 7.99. The lowest BCUT2D eigenvalue weighted by Crippen LogP contribution is -1.54. The minimum absolute atomic E-state index is 0. The van der Waals surface area contributed by atoms with Crippen LogP contribution in [-0.4, -0.2) is 0 Å². The number of hydrogen-bond donors (Lipinski definition) is 0. The summed E-state index contributed by atoms with van der Waals surface area (Å²) in [5.41, 5.74) is 0.590. The normalized spacial score (nSPS) is 7.00. The van der Waals surface area contributed by atoms with Gasteiger partial charge in [0.15, 0.2) is 4.98 Å². The third kappa shape index (κ3) is 2.15. The van der Waals surface area contributed by atoms with Crippen molar-refractivity contribution in [1.82, 2.24) is 0 Å². The van der Waals surface area contributed by atoms with Crippen LogP contribution in [-0.2, 0) is 0 Å². The molecule has 3 heteroatoms. The van der Waals surface area contributed by atoms with E-state index in [9.17, 15) is 0 Å². The van der Waals surface area contributed by atoms with E-state index in [1.807, 2.05) is 18.2 Å². The van der Waals surface area contributed by atoms with Gasteiger partial charge in [-0.1, -0.05) is 18.2 Å². The summed E-state index contributed by atoms with van der Waals surface area (Å²) in [6, 6.07) is 8.94. The third-order valence-corrected chi connectivity index (χ3v) is 0.872. The fraction of sp³-hybridized carbons (Fsp3) is 0. The van der Waals surface area contributed by atoms with Gasteiger partial charge < -0.3 is 0 Å². The molecule has 0 atom stereocenters. The molecule has 9 heavy (non-hydrogen) atoms. The molecule has 0 bridgehead atoms. The minimum atomic E-state index is 0. The Morgan fingerprint density at radius 2 is 1.67 bits per heavy atom. The standard InChI is InChI=1S/C6H5N2.H2S/c7-8-6-4-2-1-3-5-6;/h1-5H;1H2/q+1;. The van der Waals surface area contributed by atoms with E-state index in [0.717, 1.165) is 0 Å². The van der Waals surface area contributed by atoms with E-state index < -0.39 is 0 Å². The van der Waals surface area contributed by atoms with Gasteiger partial charge in [0, 0.05) is 12.1 Å². The van der Waals surface area contributed by atoms with Crippen molar-refractivity contribution in [2.75, 3.05) is 0 Å². The molecule has 0 spiro atoms. The highest BCUT2D eigenvalue weighted by molar-refractivity contribution is 7.59. The second kappa shape index (κ2) is 3.93. The van der Waals surface area contributed by atoms with Gasteiger partial charge in [-0.25, -0.2) is 0 Å². The van der Waals surface area contributed by atoms with E-state index in [1.165, 1.54) is 0 Å². The van der Waals surface area contributed by atoms with E-state index in [1.54, 1.807) is 12.1 Å². The molecular weight excluding hydrogens is 132 g/mol. The number of diazo groups is 1. The summed E-state index contributed by atoms with van der Waals surface area (Å²) in [6.45, 7) is 0. The summed E-state index contributed by atoms with van der Waals surface area (Å²) in [5, 5.41) is 8.16. The van der Waals surface area contributed by atoms with Gasteiger partial charge >= 0.3 is 5.69 Å². The van der Waals surface area contributed by atoms with E-state index in [2.05, 4.69) is 4.98 Å². The lowest BCUT2D eigenvalue weighted by Gasteiger charge is -1.69. The van der Waals surface area contributed by atoms with Crippen molar-refractivity contribution in [2.45, 2.75) is 0 Å². The van der Waals surface area contributed by atoms with Crippen molar-refractivity contribution in [2.24, 2.45) is 0 Å². The third-order valence-electron chi connectivity index (χ3n) is 0.872. The van der Waals surface area contributed by atoms with Gasteiger partial charge in [0.25, 0.3) is 0 Å². The van der Waals surface area contributed by atoms with Crippen LogP contribution in [0.3, 0.4) is 0 Å². The van der Waals surface area contributed by atoms with E-state index >= 15 is 0 Å². The molecule has 0 aliphatic carbocycles. The Kier molecular flexibility index (Phi) is 3.49. The van der Waals surface area contributed by atoms with Gasteiger partial charge in [-0.15, -0.1) is 0 Å². The largest absolute Gasteiger partial charge is 0.385 e. The van der Waals surface area contributed by atoms with Crippen molar-refractivity contribution in [3.8, 4) is 0 Å². The molecule has 0 N–H and O–H groups in total. The molecule has 1 rings (SSSR count). The van der Waals surface area contributed by atoms with Crippen LogP contribution in [0.25, 0.3) is 4.98 Å². The summed E-state index contributed by atoms with van der Waals surface area (Å²) < 4.78 is 0. The molecule has 1 aromatic rings. The van der Waals surface area contributed by atoms with E-state index in [0.29, 0.717) is 5.69 Å². The highest BCUT2D eigenvalue weighted by Gasteiger charge is 1.95. The fourth-order valence-corrected chi connectivity index (χ4v) is 0.495. The second-order valence-corrected chi connectivity index (χ2v) is 1.44. The predicted molar refractivity (Wildman–Crippen MR) is 41.6 cm³/mol.